The van der Waals surface area contributed by atoms with Gasteiger partial charge in [0.2, 0.25) is 0 Å². The molecule has 0 unspecified atom stereocenters. The van der Waals surface area contributed by atoms with Gasteiger partial charge in [0, 0.05) is 18.9 Å². The first kappa shape index (κ1) is 11.2. The molecule has 18 heavy (non-hydrogen) atoms. The number of carbonyl (C=O) groups excluding carboxylic acids is 2. The molecule has 1 aromatic heterocycles. The highest BCUT2D eigenvalue weighted by atomic mass is 16.2. The van der Waals surface area contributed by atoms with Crippen molar-refractivity contribution in [1.29, 1.82) is 0 Å². The molecular formula is C13H15N3O2. The Morgan fingerprint density at radius 1 is 1.22 bits per heavy atom. The number of urea groups is 1. The lowest BCUT2D eigenvalue weighted by Gasteiger charge is -2.31. The molecule has 3 amide bonds. The monoisotopic (exact) mass is 245 g/mol. The summed E-state index contributed by atoms with van der Waals surface area (Å²) in [6, 6.07) is 3.48. The average molecular weight is 245 g/mol. The topological polar surface area (TPSA) is 62.3 Å². The van der Waals surface area contributed by atoms with Gasteiger partial charge in [-0.1, -0.05) is 12.8 Å². The molecule has 1 spiro atoms. The van der Waals surface area contributed by atoms with Gasteiger partial charge in [-0.25, -0.2) is 4.79 Å². The highest BCUT2D eigenvalue weighted by Gasteiger charge is 2.53. The van der Waals surface area contributed by atoms with Crippen LogP contribution in [0.3, 0.4) is 0 Å². The Bertz CT molecular complexity index is 480. The largest absolute Gasteiger partial charge is 0.325 e. The number of amides is 3. The van der Waals surface area contributed by atoms with E-state index in [-0.39, 0.29) is 11.9 Å². The standard InChI is InChI=1S/C13H15N3O2/c17-11-13(5-1-2-6-13)16(12(18)15-11)9-10-3-7-14-8-4-10/h3-4,7-8H,1-2,5-6,9H2,(H,15,17,18). The van der Waals surface area contributed by atoms with E-state index < -0.39 is 5.54 Å². The number of imide groups is 1. The number of nitrogens with zero attached hydrogens (tertiary/aromatic N) is 2. The molecule has 1 saturated carbocycles. The van der Waals surface area contributed by atoms with Crippen LogP contribution < -0.4 is 5.32 Å². The van der Waals surface area contributed by atoms with Crippen molar-refractivity contribution < 1.29 is 9.59 Å². The number of aromatic nitrogens is 1. The van der Waals surface area contributed by atoms with Crippen molar-refractivity contribution in [3.05, 3.63) is 30.1 Å². The smallest absolute Gasteiger partial charge is 0.305 e. The molecule has 2 heterocycles. The van der Waals surface area contributed by atoms with Gasteiger partial charge >= 0.3 is 6.03 Å². The molecule has 1 aliphatic heterocycles. The van der Waals surface area contributed by atoms with Gasteiger partial charge in [-0.15, -0.1) is 0 Å². The second kappa shape index (κ2) is 4.08. The molecule has 5 nitrogen and oxygen atoms in total. The fraction of sp³-hybridized carbons (Fsp3) is 0.462. The summed E-state index contributed by atoms with van der Waals surface area (Å²) < 4.78 is 0. The first-order chi connectivity index (χ1) is 8.72. The number of nitrogens with one attached hydrogen (secondary N) is 1. The lowest BCUT2D eigenvalue weighted by Crippen LogP contribution is -2.46. The Balaban J connectivity index is 1.89. The minimum absolute atomic E-state index is 0.126. The second-order valence-corrected chi connectivity index (χ2v) is 4.94. The van der Waals surface area contributed by atoms with Gasteiger partial charge in [0.15, 0.2) is 0 Å². The summed E-state index contributed by atoms with van der Waals surface area (Å²) in [7, 11) is 0. The van der Waals surface area contributed by atoms with Crippen LogP contribution in [0.4, 0.5) is 4.79 Å². The van der Waals surface area contributed by atoms with Crippen LogP contribution >= 0.6 is 0 Å². The molecule has 1 aromatic rings. The molecule has 1 N–H and O–H groups in total. The van der Waals surface area contributed by atoms with Crippen molar-refractivity contribution in [3.63, 3.8) is 0 Å². The number of hydrogen-bond acceptors (Lipinski definition) is 3. The maximum atomic E-state index is 12.0. The third kappa shape index (κ3) is 1.58. The molecule has 2 aliphatic rings. The number of hydrogen-bond donors (Lipinski definition) is 1. The highest BCUT2D eigenvalue weighted by Crippen LogP contribution is 2.39. The minimum atomic E-state index is -0.597. The normalized spacial score (nSPS) is 21.7. The summed E-state index contributed by atoms with van der Waals surface area (Å²) in [5, 5.41) is 2.45. The van der Waals surface area contributed by atoms with Gasteiger partial charge in [-0.3, -0.25) is 15.1 Å². The van der Waals surface area contributed by atoms with Gasteiger partial charge in [0.1, 0.15) is 5.54 Å². The number of rotatable bonds is 2. The SMILES string of the molecule is O=C1NC(=O)C2(CCCC2)N1Cc1ccncc1. The lowest BCUT2D eigenvalue weighted by molar-refractivity contribution is -0.126. The minimum Gasteiger partial charge on any atom is -0.305 e. The molecule has 3 rings (SSSR count). The summed E-state index contributed by atoms with van der Waals surface area (Å²) in [6.45, 7) is 0.472. The van der Waals surface area contributed by atoms with E-state index in [0.29, 0.717) is 6.54 Å². The summed E-state index contributed by atoms with van der Waals surface area (Å²) in [5.41, 5.74) is 0.404. The van der Waals surface area contributed by atoms with Gasteiger partial charge in [0.05, 0.1) is 0 Å². The Hall–Kier alpha value is -1.91. The van der Waals surface area contributed by atoms with Gasteiger partial charge in [-0.2, -0.15) is 0 Å². The molecule has 1 aliphatic carbocycles. The zero-order chi connectivity index (χ0) is 12.6. The first-order valence-electron chi connectivity index (χ1n) is 6.24. The zero-order valence-corrected chi connectivity index (χ0v) is 10.1. The maximum Gasteiger partial charge on any atom is 0.325 e. The number of pyridine rings is 1. The highest BCUT2D eigenvalue weighted by molar-refractivity contribution is 6.07. The van der Waals surface area contributed by atoms with Crippen molar-refractivity contribution in [1.82, 2.24) is 15.2 Å². The van der Waals surface area contributed by atoms with Gasteiger partial charge in [-0.05, 0) is 30.5 Å². The van der Waals surface area contributed by atoms with Crippen LogP contribution in [0, 0.1) is 0 Å². The van der Waals surface area contributed by atoms with Gasteiger partial charge < -0.3 is 4.90 Å². The van der Waals surface area contributed by atoms with E-state index >= 15 is 0 Å². The maximum absolute atomic E-state index is 12.0. The van der Waals surface area contributed by atoms with Crippen LogP contribution in [-0.2, 0) is 11.3 Å². The zero-order valence-electron chi connectivity index (χ0n) is 10.1. The van der Waals surface area contributed by atoms with Crippen molar-refractivity contribution in [2.75, 3.05) is 0 Å². The van der Waals surface area contributed by atoms with Crippen LogP contribution in [0.15, 0.2) is 24.5 Å². The molecule has 2 fully saturated rings. The van der Waals surface area contributed by atoms with Gasteiger partial charge in [0.25, 0.3) is 5.91 Å². The molecule has 0 aromatic carbocycles. The third-order valence-electron chi connectivity index (χ3n) is 3.93. The van der Waals surface area contributed by atoms with E-state index in [9.17, 15) is 9.59 Å². The van der Waals surface area contributed by atoms with Crippen molar-refractivity contribution in [2.45, 2.75) is 37.8 Å². The third-order valence-corrected chi connectivity index (χ3v) is 3.93. The average Bonchev–Trinajstić information content (AvgIpc) is 2.94. The second-order valence-electron chi connectivity index (χ2n) is 4.94. The Morgan fingerprint density at radius 3 is 2.56 bits per heavy atom. The molecule has 1 saturated heterocycles. The predicted molar refractivity (Wildman–Crippen MR) is 64.5 cm³/mol. The van der Waals surface area contributed by atoms with E-state index in [1.165, 1.54) is 0 Å². The summed E-state index contributed by atoms with van der Waals surface area (Å²) in [5.74, 6) is -0.126. The van der Waals surface area contributed by atoms with Crippen LogP contribution in [0.1, 0.15) is 31.2 Å². The molecule has 5 heteroatoms. The van der Waals surface area contributed by atoms with Crippen LogP contribution in [0.2, 0.25) is 0 Å². The fourth-order valence-corrected chi connectivity index (χ4v) is 2.95. The summed E-state index contributed by atoms with van der Waals surface area (Å²) in [4.78, 5) is 29.6. The van der Waals surface area contributed by atoms with E-state index in [0.717, 1.165) is 31.2 Å². The molecule has 94 valence electrons. The van der Waals surface area contributed by atoms with Crippen molar-refractivity contribution in [2.24, 2.45) is 0 Å². The van der Waals surface area contributed by atoms with Crippen molar-refractivity contribution in [3.8, 4) is 0 Å². The Labute approximate surface area is 105 Å². The molecule has 0 radical (unpaired) electrons. The summed E-state index contributed by atoms with van der Waals surface area (Å²) in [6.07, 6.45) is 6.96. The molecule has 0 atom stereocenters. The van der Waals surface area contributed by atoms with E-state index in [2.05, 4.69) is 10.3 Å². The van der Waals surface area contributed by atoms with Crippen LogP contribution in [-0.4, -0.2) is 27.4 Å². The van der Waals surface area contributed by atoms with Crippen LogP contribution in [0.5, 0.6) is 0 Å². The molecular weight excluding hydrogens is 230 g/mol. The quantitative estimate of drug-likeness (QED) is 0.802. The van der Waals surface area contributed by atoms with E-state index in [1.54, 1.807) is 17.3 Å². The Kier molecular flexibility index (Phi) is 2.54. The van der Waals surface area contributed by atoms with Crippen molar-refractivity contribution >= 4 is 11.9 Å². The number of carbonyl (C=O) groups is 2. The molecule has 0 bridgehead atoms. The predicted octanol–water partition coefficient (Wildman–Crippen LogP) is 1.45. The fourth-order valence-electron chi connectivity index (χ4n) is 2.95. The summed E-state index contributed by atoms with van der Waals surface area (Å²) >= 11 is 0. The van der Waals surface area contributed by atoms with E-state index in [4.69, 9.17) is 0 Å². The van der Waals surface area contributed by atoms with E-state index in [1.807, 2.05) is 12.1 Å². The lowest BCUT2D eigenvalue weighted by atomic mass is 9.95. The first-order valence-corrected chi connectivity index (χ1v) is 6.24. The Morgan fingerprint density at radius 2 is 1.89 bits per heavy atom. The van der Waals surface area contributed by atoms with Crippen LogP contribution in [0.25, 0.3) is 0 Å².